The van der Waals surface area contributed by atoms with Crippen molar-refractivity contribution in [3.05, 3.63) is 75.7 Å². The third kappa shape index (κ3) is 3.24. The molecule has 126 valence electrons. The number of nitrogens with one attached hydrogen (secondary N) is 3. The van der Waals surface area contributed by atoms with E-state index in [9.17, 15) is 4.91 Å². The largest absolute Gasteiger partial charge is 0.453 e. The summed E-state index contributed by atoms with van der Waals surface area (Å²) in [5.74, 6) is -0.499. The number of oxime groups is 1. The molecule has 3 rings (SSSR count). The van der Waals surface area contributed by atoms with E-state index in [1.807, 2.05) is 0 Å². The van der Waals surface area contributed by atoms with Crippen LogP contribution in [0.15, 0.2) is 74.7 Å². The van der Waals surface area contributed by atoms with Crippen molar-refractivity contribution in [3.8, 4) is 0 Å². The van der Waals surface area contributed by atoms with E-state index in [2.05, 4.69) is 21.0 Å². The summed E-state index contributed by atoms with van der Waals surface area (Å²) >= 11 is 0. The zero-order valence-corrected chi connectivity index (χ0v) is 12.7. The molecule has 0 spiro atoms. The molecule has 1 aromatic rings. The van der Waals surface area contributed by atoms with Crippen LogP contribution in [0.3, 0.4) is 0 Å². The summed E-state index contributed by atoms with van der Waals surface area (Å²) in [4.78, 5) is 10.4. The summed E-state index contributed by atoms with van der Waals surface area (Å²) in [5.41, 5.74) is 7.33. The monoisotopic (exact) mass is 342 g/mol. The first-order valence-corrected chi connectivity index (χ1v) is 7.00. The molecule has 25 heavy (non-hydrogen) atoms. The second kappa shape index (κ2) is 6.71. The molecular weight excluding hydrogens is 326 g/mol. The maximum Gasteiger partial charge on any atom is 0.197 e. The molecule has 0 saturated carbocycles. The molecule has 9 nitrogen and oxygen atoms in total. The molecule has 2 aliphatic rings. The van der Waals surface area contributed by atoms with Gasteiger partial charge in [0.15, 0.2) is 22.5 Å². The van der Waals surface area contributed by atoms with Gasteiger partial charge in [-0.25, -0.2) is 0 Å². The quantitative estimate of drug-likeness (QED) is 0.128. The van der Waals surface area contributed by atoms with Crippen molar-refractivity contribution in [2.24, 2.45) is 16.1 Å². The van der Waals surface area contributed by atoms with Crippen molar-refractivity contribution in [1.29, 1.82) is 5.41 Å². The molecule has 0 bridgehead atoms. The lowest BCUT2D eigenvalue weighted by Crippen LogP contribution is -2.22. The number of hydrogen-bond acceptors (Lipinski definition) is 7. The van der Waals surface area contributed by atoms with Crippen molar-refractivity contribution in [1.82, 2.24) is 10.6 Å². The number of hydrogen-bond donors (Lipinski definition) is 5. The van der Waals surface area contributed by atoms with Gasteiger partial charge in [0.1, 0.15) is 0 Å². The Hall–Kier alpha value is -3.88. The highest BCUT2D eigenvalue weighted by Crippen LogP contribution is 2.09. The molecule has 0 amide bonds. The van der Waals surface area contributed by atoms with Gasteiger partial charge in [0.2, 0.25) is 0 Å². The Kier molecular flexibility index (Phi) is 3.63. The van der Waals surface area contributed by atoms with Gasteiger partial charge in [0.05, 0.1) is 14.1 Å². The van der Waals surface area contributed by atoms with Crippen LogP contribution in [0.2, 0.25) is 0 Å². The first-order valence-electron chi connectivity index (χ1n) is 8.00. The first-order chi connectivity index (χ1) is 13.0. The predicted molar refractivity (Wildman–Crippen MR) is 92.4 cm³/mol. The second-order valence-electron chi connectivity index (χ2n) is 4.92. The zero-order valence-electron chi connectivity index (χ0n) is 14.7. The average Bonchev–Trinajstić information content (AvgIpc) is 3.02. The van der Waals surface area contributed by atoms with E-state index < -0.39 is 5.84 Å². The van der Waals surface area contributed by atoms with Crippen LogP contribution < -0.4 is 27.2 Å². The Bertz CT molecular complexity index is 1040. The smallest absolute Gasteiger partial charge is 0.197 e. The Labute approximate surface area is 144 Å². The van der Waals surface area contributed by atoms with Crippen LogP contribution in [-0.2, 0) is 0 Å². The molecule has 0 radical (unpaired) electrons. The highest BCUT2D eigenvalue weighted by atomic mass is 16.7. The van der Waals surface area contributed by atoms with E-state index in [1.54, 1.807) is 12.2 Å². The average molecular weight is 342 g/mol. The summed E-state index contributed by atoms with van der Waals surface area (Å²) < 4.78 is 21.9. The number of amidine groups is 2. The van der Waals surface area contributed by atoms with Crippen molar-refractivity contribution in [2.45, 2.75) is 0 Å². The minimum atomic E-state index is -0.425. The fourth-order valence-electron chi connectivity index (χ4n) is 2.06. The zero-order chi connectivity index (χ0) is 19.6. The Morgan fingerprint density at radius 3 is 2.12 bits per heavy atom. The number of nitrogens with zero attached hydrogens (tertiary/aromatic N) is 2. The van der Waals surface area contributed by atoms with Gasteiger partial charge >= 0.3 is 0 Å². The number of rotatable bonds is 2. The number of nitrogens with two attached hydrogens (primary N) is 1. The van der Waals surface area contributed by atoms with Crippen LogP contribution in [0.25, 0.3) is 11.4 Å². The molecule has 0 atom stereocenters. The lowest BCUT2D eigenvalue weighted by molar-refractivity contribution is 0.318. The Morgan fingerprint density at radius 2 is 1.68 bits per heavy atom. The van der Waals surface area contributed by atoms with Gasteiger partial charge in [-0.3, -0.25) is 5.41 Å². The van der Waals surface area contributed by atoms with Gasteiger partial charge in [0, 0.05) is 23.5 Å². The SMILES string of the molecule is [2H]c1c([2H])/c(=C2\C=CC(/C(N)=[15N]/O)=CN2)o/c1=C1/C=CC(C(=N)[15N]=O)=CN1. The summed E-state index contributed by atoms with van der Waals surface area (Å²) in [6, 6.07) is -0.260. The molecule has 2 aliphatic heterocycles. The van der Waals surface area contributed by atoms with Crippen molar-refractivity contribution >= 4 is 23.1 Å². The van der Waals surface area contributed by atoms with E-state index >= 15 is 0 Å². The summed E-state index contributed by atoms with van der Waals surface area (Å²) in [7, 11) is 0. The predicted octanol–water partition coefficient (Wildman–Crippen LogP) is 0.0727. The van der Waals surface area contributed by atoms with Crippen LogP contribution in [0, 0.1) is 10.3 Å². The fourth-order valence-corrected chi connectivity index (χ4v) is 2.06. The van der Waals surface area contributed by atoms with E-state index in [0.29, 0.717) is 17.0 Å². The van der Waals surface area contributed by atoms with E-state index in [1.165, 1.54) is 24.6 Å². The van der Waals surface area contributed by atoms with Gasteiger partial charge < -0.3 is 26.0 Å². The van der Waals surface area contributed by atoms with Crippen LogP contribution in [0.1, 0.15) is 2.74 Å². The summed E-state index contributed by atoms with van der Waals surface area (Å²) in [6.45, 7) is 0. The third-order valence-electron chi connectivity index (χ3n) is 3.38. The number of nitroso groups, excluding NO2 is 1. The third-order valence-corrected chi connectivity index (χ3v) is 3.38. The lowest BCUT2D eigenvalue weighted by atomic mass is 10.2. The topological polar surface area (TPSA) is 149 Å². The Morgan fingerprint density at radius 1 is 1.12 bits per heavy atom. The lowest BCUT2D eigenvalue weighted by Gasteiger charge is -2.09. The fraction of sp³-hybridized carbons (Fsp3) is 0. The molecule has 3 heterocycles. The summed E-state index contributed by atoms with van der Waals surface area (Å²) in [6.07, 6.45) is 9.04. The molecule has 0 aromatic carbocycles. The molecular formula is C16H14N6O3. The van der Waals surface area contributed by atoms with Crippen molar-refractivity contribution in [2.75, 3.05) is 0 Å². The molecule has 6 N–H and O–H groups in total. The maximum absolute atomic E-state index is 10.4. The number of dihydropyridines is 2. The van der Waals surface area contributed by atoms with Crippen LogP contribution in [0.4, 0.5) is 0 Å². The highest BCUT2D eigenvalue weighted by Gasteiger charge is 2.09. The van der Waals surface area contributed by atoms with E-state index in [-0.39, 0.29) is 34.3 Å². The van der Waals surface area contributed by atoms with Gasteiger partial charge in [-0.2, -0.15) is 0 Å². The highest BCUT2D eigenvalue weighted by molar-refractivity contribution is 6.00. The molecule has 0 unspecified atom stereocenters. The van der Waals surface area contributed by atoms with Gasteiger partial charge in [-0.1, -0.05) is 5.16 Å². The molecule has 0 fully saturated rings. The molecule has 0 saturated heterocycles. The van der Waals surface area contributed by atoms with Crippen molar-refractivity contribution < 1.29 is 12.4 Å². The van der Waals surface area contributed by atoms with Gasteiger partial charge in [-0.15, -0.1) is 4.91 Å². The molecule has 0 aliphatic carbocycles. The van der Waals surface area contributed by atoms with E-state index in [4.69, 9.17) is 23.5 Å². The first kappa shape index (κ1) is 13.5. The summed E-state index contributed by atoms with van der Waals surface area (Å²) in [5, 5.41) is 27.2. The van der Waals surface area contributed by atoms with Gasteiger partial charge in [0.25, 0.3) is 0 Å². The standard InChI is InChI=1S/C16H14N6O3/c17-15(21-23)9-1-3-11(19-7-9)13-5-6-14(25-13)12-4-2-10(8-20-12)16(18)22-24/h1-8,17,19-20,24H,(H2,18,22)/b13-11-,14-12-,17-15?/i5D,6D,21+1,22+1. The van der Waals surface area contributed by atoms with Crippen LogP contribution >= 0.6 is 0 Å². The normalized spacial score (nSPS) is 22.2. The second-order valence-corrected chi connectivity index (χ2v) is 4.92. The van der Waals surface area contributed by atoms with E-state index in [0.717, 1.165) is 0 Å². The van der Waals surface area contributed by atoms with Crippen molar-refractivity contribution in [3.63, 3.8) is 0 Å². The van der Waals surface area contributed by atoms with Crippen LogP contribution in [0.5, 0.6) is 0 Å². The van der Waals surface area contributed by atoms with Gasteiger partial charge in [-0.05, 0) is 41.6 Å². The molecule has 1 aromatic heterocycles. The molecule has 9 heteroatoms. The minimum Gasteiger partial charge on any atom is -0.453 e. The minimum absolute atomic E-state index is 0.0738. The Balaban J connectivity index is 2.03. The van der Waals surface area contributed by atoms with Crippen LogP contribution in [-0.4, -0.2) is 16.9 Å². The maximum atomic E-state index is 10.4. The number of furan rings is 1.